The molecule has 3 heteroatoms. The van der Waals surface area contributed by atoms with Gasteiger partial charge in [-0.25, -0.2) is 8.78 Å². The smallest absolute Gasteiger partial charge is 0.276 e. The Bertz CT molecular complexity index is 514. The van der Waals surface area contributed by atoms with Crippen molar-refractivity contribution < 1.29 is 13.9 Å². The third kappa shape index (κ3) is 2.62. The van der Waals surface area contributed by atoms with Crippen molar-refractivity contribution in [2.45, 2.75) is 38.5 Å². The molecule has 1 unspecified atom stereocenters. The summed E-state index contributed by atoms with van der Waals surface area (Å²) in [5, 5.41) is 9.32. The lowest BCUT2D eigenvalue weighted by atomic mass is 9.76. The van der Waals surface area contributed by atoms with Crippen LogP contribution in [0.1, 0.15) is 38.2 Å². The lowest BCUT2D eigenvalue weighted by Gasteiger charge is -2.35. The molecule has 1 aromatic carbocycles. The molecule has 20 heavy (non-hydrogen) atoms. The van der Waals surface area contributed by atoms with Crippen LogP contribution in [0.4, 0.5) is 8.78 Å². The van der Waals surface area contributed by atoms with Crippen LogP contribution in [0.2, 0.25) is 0 Å². The van der Waals surface area contributed by atoms with E-state index >= 15 is 0 Å². The van der Waals surface area contributed by atoms with Crippen molar-refractivity contribution in [2.24, 2.45) is 5.92 Å². The normalized spacial score (nSPS) is 21.9. The second-order valence-corrected chi connectivity index (χ2v) is 5.30. The number of phenolic OH excluding ortho intramolecular Hbond substituents is 1. The minimum Gasteiger partial charge on any atom is -0.508 e. The summed E-state index contributed by atoms with van der Waals surface area (Å²) in [7, 11) is 0. The molecule has 0 aromatic heterocycles. The summed E-state index contributed by atoms with van der Waals surface area (Å²) < 4.78 is 29.6. The fraction of sp³-hybridized carbons (Fsp3) is 0.412. The molecule has 1 nitrogen and oxygen atoms in total. The molecule has 1 atom stereocenters. The van der Waals surface area contributed by atoms with Crippen LogP contribution in [0.3, 0.4) is 0 Å². The summed E-state index contributed by atoms with van der Waals surface area (Å²) >= 11 is 0. The van der Waals surface area contributed by atoms with E-state index in [1.165, 1.54) is 18.2 Å². The van der Waals surface area contributed by atoms with Crippen molar-refractivity contribution in [2.75, 3.05) is 0 Å². The molecule has 0 saturated heterocycles. The van der Waals surface area contributed by atoms with Crippen LogP contribution in [-0.4, -0.2) is 11.0 Å². The summed E-state index contributed by atoms with van der Waals surface area (Å²) in [6.45, 7) is 5.61. The van der Waals surface area contributed by atoms with Gasteiger partial charge in [0.15, 0.2) is 0 Å². The second-order valence-electron chi connectivity index (χ2n) is 5.30. The van der Waals surface area contributed by atoms with Crippen molar-refractivity contribution in [1.82, 2.24) is 0 Å². The Morgan fingerprint density at radius 1 is 1.35 bits per heavy atom. The van der Waals surface area contributed by atoms with Crippen molar-refractivity contribution in [1.29, 1.82) is 0 Å². The molecule has 0 aliphatic heterocycles. The number of allylic oxidation sites excluding steroid dienone is 3. The minimum atomic E-state index is -2.84. The lowest BCUT2D eigenvalue weighted by molar-refractivity contribution is -0.0114. The largest absolute Gasteiger partial charge is 0.508 e. The highest BCUT2D eigenvalue weighted by Crippen LogP contribution is 2.49. The molecule has 1 aliphatic carbocycles. The van der Waals surface area contributed by atoms with Crippen molar-refractivity contribution >= 4 is 5.57 Å². The van der Waals surface area contributed by atoms with Crippen LogP contribution >= 0.6 is 0 Å². The lowest BCUT2D eigenvalue weighted by Crippen LogP contribution is -2.33. The molecule has 0 fully saturated rings. The van der Waals surface area contributed by atoms with Crippen molar-refractivity contribution in [3.8, 4) is 5.75 Å². The molecule has 1 N–H and O–H groups in total. The summed E-state index contributed by atoms with van der Waals surface area (Å²) in [6, 6.07) is 6.00. The quantitative estimate of drug-likeness (QED) is 0.804. The number of hydrogen-bond donors (Lipinski definition) is 1. The Kier molecular flexibility index (Phi) is 4.26. The van der Waals surface area contributed by atoms with Crippen LogP contribution in [-0.2, 0) is 0 Å². The first kappa shape index (κ1) is 14.8. The number of phenols is 1. The van der Waals surface area contributed by atoms with E-state index in [1.54, 1.807) is 12.1 Å². The number of halogens is 2. The summed E-state index contributed by atoms with van der Waals surface area (Å²) in [5.41, 5.74) is 1.17. The van der Waals surface area contributed by atoms with Gasteiger partial charge in [0, 0.05) is 11.5 Å². The van der Waals surface area contributed by atoms with Gasteiger partial charge in [0.05, 0.1) is 0 Å². The average Bonchev–Trinajstić information content (AvgIpc) is 2.42. The number of aromatic hydroxyl groups is 1. The van der Waals surface area contributed by atoms with Gasteiger partial charge in [-0.1, -0.05) is 38.1 Å². The monoisotopic (exact) mass is 278 g/mol. The first-order valence-corrected chi connectivity index (χ1v) is 7.04. The topological polar surface area (TPSA) is 20.2 Å². The molecular formula is C17H20F2O. The second kappa shape index (κ2) is 5.78. The highest BCUT2D eigenvalue weighted by molar-refractivity contribution is 5.77. The standard InChI is InChI=1S/C17H20F2O/c1-3-5-14-9-6-12(4-2)16(17(14,18)19)13-7-10-15(20)11-8-13/h4,7-8,10-11,14,20H,2-3,5-6,9H2,1H3. The number of alkyl halides is 2. The Hall–Kier alpha value is -1.64. The first-order valence-electron chi connectivity index (χ1n) is 7.04. The molecule has 1 aliphatic rings. The van der Waals surface area contributed by atoms with Gasteiger partial charge in [-0.2, -0.15) is 0 Å². The van der Waals surface area contributed by atoms with Gasteiger partial charge in [0.1, 0.15) is 5.75 Å². The Morgan fingerprint density at radius 3 is 2.55 bits per heavy atom. The van der Waals surface area contributed by atoms with Crippen LogP contribution in [0.5, 0.6) is 5.75 Å². The fourth-order valence-corrected chi connectivity index (χ4v) is 2.94. The van der Waals surface area contributed by atoms with Gasteiger partial charge in [-0.15, -0.1) is 0 Å². The van der Waals surface area contributed by atoms with E-state index in [4.69, 9.17) is 0 Å². The molecule has 0 bridgehead atoms. The molecule has 2 rings (SSSR count). The predicted molar refractivity (Wildman–Crippen MR) is 77.8 cm³/mol. The van der Waals surface area contributed by atoms with Crippen LogP contribution < -0.4 is 0 Å². The van der Waals surface area contributed by atoms with E-state index in [0.717, 1.165) is 6.42 Å². The van der Waals surface area contributed by atoms with Gasteiger partial charge >= 0.3 is 0 Å². The van der Waals surface area contributed by atoms with E-state index in [0.29, 0.717) is 30.4 Å². The Balaban J connectivity index is 2.50. The van der Waals surface area contributed by atoms with Crippen LogP contribution in [0, 0.1) is 5.92 Å². The van der Waals surface area contributed by atoms with E-state index in [9.17, 15) is 13.9 Å². The maximum atomic E-state index is 14.8. The van der Waals surface area contributed by atoms with E-state index < -0.39 is 11.8 Å². The molecule has 0 heterocycles. The molecular weight excluding hydrogens is 258 g/mol. The molecule has 0 saturated carbocycles. The molecule has 1 aromatic rings. The zero-order valence-corrected chi connectivity index (χ0v) is 11.7. The summed E-state index contributed by atoms with van der Waals surface area (Å²) in [6.07, 6.45) is 3.97. The average molecular weight is 278 g/mol. The fourth-order valence-electron chi connectivity index (χ4n) is 2.94. The van der Waals surface area contributed by atoms with Gasteiger partial charge < -0.3 is 5.11 Å². The maximum absolute atomic E-state index is 14.8. The summed E-state index contributed by atoms with van der Waals surface area (Å²) in [5.74, 6) is -3.37. The Morgan fingerprint density at radius 2 is 2.00 bits per heavy atom. The zero-order chi connectivity index (χ0) is 14.8. The first-order chi connectivity index (χ1) is 9.50. The molecule has 0 amide bonds. The van der Waals surface area contributed by atoms with E-state index in [2.05, 4.69) is 6.58 Å². The third-order valence-electron chi connectivity index (χ3n) is 3.97. The highest BCUT2D eigenvalue weighted by Gasteiger charge is 2.46. The number of benzene rings is 1. The van der Waals surface area contributed by atoms with Crippen molar-refractivity contribution in [3.05, 3.63) is 48.1 Å². The molecule has 108 valence electrons. The molecule has 0 radical (unpaired) electrons. The van der Waals surface area contributed by atoms with Gasteiger partial charge in [0.25, 0.3) is 5.92 Å². The predicted octanol–water partition coefficient (Wildman–Crippen LogP) is 5.18. The third-order valence-corrected chi connectivity index (χ3v) is 3.97. The van der Waals surface area contributed by atoms with Gasteiger partial charge in [-0.3, -0.25) is 0 Å². The SMILES string of the molecule is C=CC1=C(c2ccc(O)cc2)C(F)(F)C(CCC)CC1. The van der Waals surface area contributed by atoms with Gasteiger partial charge in [-0.05, 0) is 42.5 Å². The van der Waals surface area contributed by atoms with E-state index in [-0.39, 0.29) is 11.3 Å². The Labute approximate surface area is 118 Å². The minimum absolute atomic E-state index is 0.0807. The summed E-state index contributed by atoms with van der Waals surface area (Å²) in [4.78, 5) is 0. The van der Waals surface area contributed by atoms with Crippen molar-refractivity contribution in [3.63, 3.8) is 0 Å². The number of hydrogen-bond acceptors (Lipinski definition) is 1. The highest BCUT2D eigenvalue weighted by atomic mass is 19.3. The van der Waals surface area contributed by atoms with Crippen LogP contribution in [0.15, 0.2) is 42.5 Å². The zero-order valence-electron chi connectivity index (χ0n) is 11.7. The van der Waals surface area contributed by atoms with E-state index in [1.807, 2.05) is 6.92 Å². The number of rotatable bonds is 4. The maximum Gasteiger partial charge on any atom is 0.276 e. The van der Waals surface area contributed by atoms with Crippen LogP contribution in [0.25, 0.3) is 5.57 Å². The van der Waals surface area contributed by atoms with Gasteiger partial charge in [0.2, 0.25) is 0 Å². The molecule has 0 spiro atoms.